The minimum atomic E-state index is -1.13. The normalized spacial score (nSPS) is 10.0. The molecule has 0 aliphatic heterocycles. The SMILES string of the molecule is Cn1ccc(NC(=O)c2c(Cl)cccc2Cl)nc1=O.O=C(O)CNC(=O)c1c(Cl)cccc1Cl. The monoisotopic (exact) mass is 544 g/mol. The second kappa shape index (κ2) is 12.4. The maximum Gasteiger partial charge on any atom is 0.349 e. The second-order valence-corrected chi connectivity index (χ2v) is 8.06. The molecule has 0 unspecified atom stereocenters. The Kier molecular flexibility index (Phi) is 9.88. The Hall–Kier alpha value is -3.11. The summed E-state index contributed by atoms with van der Waals surface area (Å²) in [4.78, 5) is 48.7. The molecule has 2 aromatic carbocycles. The number of amides is 2. The van der Waals surface area contributed by atoms with Crippen LogP contribution in [-0.2, 0) is 11.8 Å². The highest BCUT2D eigenvalue weighted by Gasteiger charge is 2.16. The average molecular weight is 546 g/mol. The van der Waals surface area contributed by atoms with Crippen LogP contribution in [0.3, 0.4) is 0 Å². The Balaban J connectivity index is 0.000000248. The largest absolute Gasteiger partial charge is 0.480 e. The number of nitrogens with zero attached hydrogens (tertiary/aromatic N) is 2. The molecule has 0 saturated carbocycles. The van der Waals surface area contributed by atoms with Gasteiger partial charge in [-0.3, -0.25) is 14.4 Å². The molecule has 178 valence electrons. The number of carboxylic acids is 1. The van der Waals surface area contributed by atoms with E-state index in [-0.39, 0.29) is 37.0 Å². The molecule has 0 radical (unpaired) electrons. The second-order valence-electron chi connectivity index (χ2n) is 6.43. The van der Waals surface area contributed by atoms with E-state index < -0.39 is 30.0 Å². The number of aliphatic carboxylic acids is 1. The van der Waals surface area contributed by atoms with Gasteiger partial charge in [0.05, 0.1) is 31.2 Å². The summed E-state index contributed by atoms with van der Waals surface area (Å²) >= 11 is 23.3. The quantitative estimate of drug-likeness (QED) is 0.441. The van der Waals surface area contributed by atoms with Gasteiger partial charge in [-0.15, -0.1) is 0 Å². The number of hydrogen-bond donors (Lipinski definition) is 3. The number of nitrogens with one attached hydrogen (secondary N) is 2. The maximum atomic E-state index is 12.0. The number of carbonyl (C=O) groups is 3. The third-order valence-corrected chi connectivity index (χ3v) is 5.26. The number of carbonyl (C=O) groups excluding carboxylic acids is 2. The van der Waals surface area contributed by atoms with Crippen molar-refractivity contribution in [3.05, 3.63) is 90.4 Å². The number of carboxylic acid groups (broad SMARTS) is 1. The fourth-order valence-corrected chi connectivity index (χ4v) is 3.53. The molecule has 0 atom stereocenters. The topological polar surface area (TPSA) is 130 Å². The molecule has 0 spiro atoms. The van der Waals surface area contributed by atoms with Crippen molar-refractivity contribution in [2.45, 2.75) is 0 Å². The van der Waals surface area contributed by atoms with E-state index in [2.05, 4.69) is 15.6 Å². The highest BCUT2D eigenvalue weighted by molar-refractivity contribution is 6.40. The standard InChI is InChI=1S/C12H9Cl2N3O2.C9H7Cl2NO3/c1-17-6-5-9(16-12(17)19)15-11(18)10-7(13)3-2-4-8(10)14;10-5-2-1-3-6(11)8(5)9(15)12-4-7(13)14/h2-6H,1H3,(H,15,16,18,19);1-3H,4H2,(H,12,15)(H,13,14). The van der Waals surface area contributed by atoms with Crippen molar-refractivity contribution in [2.24, 2.45) is 7.05 Å². The maximum absolute atomic E-state index is 12.0. The number of aryl methyl sites for hydroxylation is 1. The van der Waals surface area contributed by atoms with E-state index in [1.165, 1.54) is 29.0 Å². The molecule has 3 aromatic rings. The van der Waals surface area contributed by atoms with Gasteiger partial charge in [0.25, 0.3) is 11.8 Å². The number of aromatic nitrogens is 2. The lowest BCUT2D eigenvalue weighted by molar-refractivity contribution is -0.135. The fraction of sp³-hybridized carbons (Fsp3) is 0.0952. The smallest absolute Gasteiger partial charge is 0.349 e. The lowest BCUT2D eigenvalue weighted by atomic mass is 10.2. The van der Waals surface area contributed by atoms with Crippen LogP contribution in [-0.4, -0.2) is 39.0 Å². The first kappa shape index (κ1) is 27.1. The van der Waals surface area contributed by atoms with Gasteiger partial charge in [-0.05, 0) is 30.3 Å². The number of anilines is 1. The van der Waals surface area contributed by atoms with E-state index >= 15 is 0 Å². The molecule has 0 aliphatic carbocycles. The van der Waals surface area contributed by atoms with E-state index in [9.17, 15) is 19.2 Å². The van der Waals surface area contributed by atoms with Crippen LogP contribution < -0.4 is 16.3 Å². The minimum Gasteiger partial charge on any atom is -0.480 e. The van der Waals surface area contributed by atoms with Crippen LogP contribution in [0.4, 0.5) is 5.82 Å². The molecule has 0 aliphatic rings. The van der Waals surface area contributed by atoms with Crippen molar-refractivity contribution in [3.63, 3.8) is 0 Å². The van der Waals surface area contributed by atoms with Crippen LogP contribution in [0, 0.1) is 0 Å². The zero-order valence-corrected chi connectivity index (χ0v) is 20.3. The molecule has 9 nitrogen and oxygen atoms in total. The van der Waals surface area contributed by atoms with Crippen LogP contribution in [0.5, 0.6) is 0 Å². The van der Waals surface area contributed by atoms with Crippen LogP contribution >= 0.6 is 46.4 Å². The average Bonchev–Trinajstić information content (AvgIpc) is 2.75. The van der Waals surface area contributed by atoms with Crippen molar-refractivity contribution < 1.29 is 19.5 Å². The van der Waals surface area contributed by atoms with Gasteiger partial charge in [0.2, 0.25) is 0 Å². The Morgan fingerprint density at radius 2 is 1.35 bits per heavy atom. The zero-order valence-electron chi connectivity index (χ0n) is 17.3. The number of rotatable bonds is 5. The van der Waals surface area contributed by atoms with Crippen molar-refractivity contribution in [2.75, 3.05) is 11.9 Å². The molecular weight excluding hydrogens is 530 g/mol. The molecule has 13 heteroatoms. The van der Waals surface area contributed by atoms with E-state index in [0.29, 0.717) is 0 Å². The first-order valence-corrected chi connectivity index (χ1v) is 10.8. The highest BCUT2D eigenvalue weighted by atomic mass is 35.5. The van der Waals surface area contributed by atoms with E-state index in [4.69, 9.17) is 51.5 Å². The van der Waals surface area contributed by atoms with Gasteiger partial charge in [0.1, 0.15) is 12.4 Å². The highest BCUT2D eigenvalue weighted by Crippen LogP contribution is 2.25. The Bertz CT molecular complexity index is 1260. The summed E-state index contributed by atoms with van der Waals surface area (Å²) in [6.45, 7) is -0.472. The first-order valence-electron chi connectivity index (χ1n) is 9.24. The van der Waals surface area contributed by atoms with Crippen molar-refractivity contribution >= 4 is 70.0 Å². The van der Waals surface area contributed by atoms with Crippen LogP contribution in [0.2, 0.25) is 20.1 Å². The zero-order chi connectivity index (χ0) is 25.4. The molecule has 34 heavy (non-hydrogen) atoms. The summed E-state index contributed by atoms with van der Waals surface area (Å²) in [6, 6.07) is 10.9. The summed E-state index contributed by atoms with van der Waals surface area (Å²) in [5.41, 5.74) is -0.238. The van der Waals surface area contributed by atoms with E-state index in [0.717, 1.165) is 0 Å². The Morgan fingerprint density at radius 1 is 0.882 bits per heavy atom. The first-order chi connectivity index (χ1) is 16.0. The van der Waals surface area contributed by atoms with E-state index in [1.807, 2.05) is 0 Å². The Morgan fingerprint density at radius 3 is 1.79 bits per heavy atom. The van der Waals surface area contributed by atoms with Gasteiger partial charge < -0.3 is 20.3 Å². The summed E-state index contributed by atoms with van der Waals surface area (Å²) < 4.78 is 1.29. The van der Waals surface area contributed by atoms with Gasteiger partial charge in [0, 0.05) is 13.2 Å². The summed E-state index contributed by atoms with van der Waals surface area (Å²) in [7, 11) is 1.56. The lowest BCUT2D eigenvalue weighted by Crippen LogP contribution is -2.29. The molecule has 0 saturated heterocycles. The van der Waals surface area contributed by atoms with Crippen LogP contribution in [0.1, 0.15) is 20.7 Å². The molecular formula is C21H16Cl4N4O5. The third-order valence-electron chi connectivity index (χ3n) is 4.00. The summed E-state index contributed by atoms with van der Waals surface area (Å²) in [6.07, 6.45) is 1.50. The molecule has 2 amide bonds. The molecule has 0 fully saturated rings. The molecule has 1 aromatic heterocycles. The number of halogens is 4. The van der Waals surface area contributed by atoms with Gasteiger partial charge in [-0.1, -0.05) is 58.5 Å². The van der Waals surface area contributed by atoms with Gasteiger partial charge in [0.15, 0.2) is 0 Å². The number of hydrogen-bond acceptors (Lipinski definition) is 5. The molecule has 1 heterocycles. The Labute approximate surface area is 213 Å². The lowest BCUT2D eigenvalue weighted by Gasteiger charge is -2.07. The summed E-state index contributed by atoms with van der Waals surface area (Å²) in [5.74, 6) is -2.11. The van der Waals surface area contributed by atoms with Crippen molar-refractivity contribution in [1.29, 1.82) is 0 Å². The molecule has 3 N–H and O–H groups in total. The molecule has 3 rings (SSSR count). The van der Waals surface area contributed by atoms with Crippen molar-refractivity contribution in [1.82, 2.24) is 14.9 Å². The van der Waals surface area contributed by atoms with Crippen LogP contribution in [0.25, 0.3) is 0 Å². The van der Waals surface area contributed by atoms with Gasteiger partial charge >= 0.3 is 11.7 Å². The van der Waals surface area contributed by atoms with E-state index in [1.54, 1.807) is 31.3 Å². The minimum absolute atomic E-state index is 0.0853. The van der Waals surface area contributed by atoms with Gasteiger partial charge in [-0.2, -0.15) is 4.98 Å². The summed E-state index contributed by atoms with van der Waals surface area (Å²) in [5, 5.41) is 13.8. The third kappa shape index (κ3) is 7.46. The van der Waals surface area contributed by atoms with Crippen molar-refractivity contribution in [3.8, 4) is 0 Å². The molecule has 0 bridgehead atoms. The number of benzene rings is 2. The van der Waals surface area contributed by atoms with Crippen LogP contribution in [0.15, 0.2) is 53.5 Å². The van der Waals surface area contributed by atoms with Gasteiger partial charge in [-0.25, -0.2) is 4.79 Å². The predicted molar refractivity (Wildman–Crippen MR) is 130 cm³/mol. The fourth-order valence-electron chi connectivity index (χ4n) is 2.39. The predicted octanol–water partition coefficient (Wildman–Crippen LogP) is 4.15.